The van der Waals surface area contributed by atoms with Gasteiger partial charge >= 0.3 is 5.97 Å². The van der Waals surface area contributed by atoms with Crippen molar-refractivity contribution < 1.29 is 33.8 Å². The molecule has 1 aliphatic carbocycles. The topological polar surface area (TPSA) is 107 Å². The number of methoxy groups -OCH3 is 2. The van der Waals surface area contributed by atoms with Crippen LogP contribution in [0.25, 0.3) is 10.1 Å². The first-order valence-electron chi connectivity index (χ1n) is 13.5. The van der Waals surface area contributed by atoms with Crippen LogP contribution in [0.4, 0.5) is 0 Å². The van der Waals surface area contributed by atoms with Crippen LogP contribution in [0.3, 0.4) is 0 Å². The summed E-state index contributed by atoms with van der Waals surface area (Å²) in [6.45, 7) is 1.50. The molecule has 1 N–H and O–H groups in total. The van der Waals surface area contributed by atoms with Gasteiger partial charge < -0.3 is 19.4 Å². The molecule has 4 unspecified atom stereocenters. The highest BCUT2D eigenvalue weighted by Crippen LogP contribution is 2.49. The molecule has 1 aromatic carbocycles. The number of fused-ring (bicyclic) bond motifs is 2. The fraction of sp³-hybridized carbons (Fsp3) is 0.533. The number of benzene rings is 1. The number of carbonyl (C=O) groups excluding carboxylic acids is 3. The van der Waals surface area contributed by atoms with Crippen LogP contribution in [0, 0.1) is 11.8 Å². The first kappa shape index (κ1) is 29.5. The van der Waals surface area contributed by atoms with Crippen LogP contribution in [-0.4, -0.2) is 54.0 Å². The Balaban J connectivity index is 1.43. The lowest BCUT2D eigenvalue weighted by molar-refractivity contribution is -0.138. The number of aliphatic carboxylic acids is 1. The number of rotatable bonds is 14. The summed E-state index contributed by atoms with van der Waals surface area (Å²) < 4.78 is 12.5. The van der Waals surface area contributed by atoms with Gasteiger partial charge in [-0.3, -0.25) is 14.4 Å². The number of thioether (sulfide) groups is 1. The maximum Gasteiger partial charge on any atom is 0.303 e. The minimum absolute atomic E-state index is 0.00485. The smallest absolute Gasteiger partial charge is 0.303 e. The van der Waals surface area contributed by atoms with E-state index in [0.717, 1.165) is 53.5 Å². The zero-order chi connectivity index (χ0) is 28.1. The summed E-state index contributed by atoms with van der Waals surface area (Å²) in [5.41, 5.74) is 1.10. The molecule has 2 aromatic rings. The van der Waals surface area contributed by atoms with Crippen molar-refractivity contribution in [2.24, 2.45) is 11.8 Å². The molecule has 7 nitrogen and oxygen atoms in total. The fourth-order valence-electron chi connectivity index (χ4n) is 5.66. The molecular formula is C30H36O7S2. The molecule has 4 atom stereocenters. The molecule has 9 heteroatoms. The summed E-state index contributed by atoms with van der Waals surface area (Å²) >= 11 is 3.06. The van der Waals surface area contributed by atoms with Crippen LogP contribution in [0.2, 0.25) is 0 Å². The van der Waals surface area contributed by atoms with Crippen molar-refractivity contribution in [2.75, 3.05) is 14.2 Å². The van der Waals surface area contributed by atoms with E-state index in [1.54, 1.807) is 26.0 Å². The highest BCUT2D eigenvalue weighted by Gasteiger charge is 2.42. The van der Waals surface area contributed by atoms with Crippen molar-refractivity contribution in [1.29, 1.82) is 0 Å². The Kier molecular flexibility index (Phi) is 10.0. The third-order valence-electron chi connectivity index (χ3n) is 7.75. The second-order valence-electron chi connectivity index (χ2n) is 10.5. The fourth-order valence-corrected chi connectivity index (χ4v) is 8.30. The molecule has 1 aromatic heterocycles. The average Bonchev–Trinajstić information content (AvgIpc) is 3.53. The number of carboxylic acids is 1. The lowest BCUT2D eigenvalue weighted by atomic mass is 9.74. The van der Waals surface area contributed by atoms with Gasteiger partial charge in [0.2, 0.25) is 0 Å². The van der Waals surface area contributed by atoms with Gasteiger partial charge in [-0.25, -0.2) is 0 Å². The summed E-state index contributed by atoms with van der Waals surface area (Å²) in [6.07, 6.45) is 7.25. The molecule has 39 heavy (non-hydrogen) atoms. The Hall–Kier alpha value is -2.49. The predicted octanol–water partition coefficient (Wildman–Crippen LogP) is 6.26. The molecular weight excluding hydrogens is 536 g/mol. The van der Waals surface area contributed by atoms with Crippen molar-refractivity contribution >= 4 is 56.5 Å². The van der Waals surface area contributed by atoms with Gasteiger partial charge in [0.15, 0.2) is 11.6 Å². The van der Waals surface area contributed by atoms with E-state index in [1.807, 2.05) is 12.1 Å². The van der Waals surface area contributed by atoms with E-state index in [2.05, 4.69) is 12.1 Å². The standard InChI is InChI=1S/C30H36O7S2/c1-17(31)7-8-23(32)28-14-20-12-25(37-3)19(13-26(20)38-28)6-4-5-18-11-21(36-2)15-27-22(18)16-29(39-27)24(33)9-10-30(34)35/h12-14,16,18,21-22,27H,4-11,15H2,1-3H3,(H,34,35). The van der Waals surface area contributed by atoms with E-state index in [1.165, 1.54) is 18.3 Å². The van der Waals surface area contributed by atoms with E-state index >= 15 is 0 Å². The van der Waals surface area contributed by atoms with Crippen LogP contribution in [0.5, 0.6) is 5.75 Å². The maximum absolute atomic E-state index is 12.6. The normalized spacial score (nSPS) is 22.4. The largest absolute Gasteiger partial charge is 0.496 e. The Morgan fingerprint density at radius 2 is 1.77 bits per heavy atom. The van der Waals surface area contributed by atoms with Gasteiger partial charge in [0, 0.05) is 41.2 Å². The number of thiophene rings is 1. The third kappa shape index (κ3) is 7.38. The molecule has 0 saturated heterocycles. The van der Waals surface area contributed by atoms with E-state index in [-0.39, 0.29) is 60.3 Å². The van der Waals surface area contributed by atoms with Gasteiger partial charge in [0.1, 0.15) is 11.5 Å². The summed E-state index contributed by atoms with van der Waals surface area (Å²) in [5.74, 6) is 0.466. The number of carbonyl (C=O) groups is 4. The van der Waals surface area contributed by atoms with E-state index in [9.17, 15) is 19.2 Å². The van der Waals surface area contributed by atoms with Crippen LogP contribution < -0.4 is 4.74 Å². The van der Waals surface area contributed by atoms with Crippen LogP contribution in [0.1, 0.15) is 73.5 Å². The van der Waals surface area contributed by atoms with Gasteiger partial charge in [-0.1, -0.05) is 6.08 Å². The lowest BCUT2D eigenvalue weighted by Crippen LogP contribution is -2.35. The summed E-state index contributed by atoms with van der Waals surface area (Å²) in [5, 5.41) is 10.2. The molecule has 0 bridgehead atoms. The summed E-state index contributed by atoms with van der Waals surface area (Å²) in [7, 11) is 3.41. The first-order chi connectivity index (χ1) is 18.7. The number of ether oxygens (including phenoxy) is 2. The van der Waals surface area contributed by atoms with Gasteiger partial charge in [-0.05, 0) is 80.0 Å². The quantitative estimate of drug-likeness (QED) is 0.264. The SMILES string of the molecule is COc1cc2cc(C(=O)CCC(C)=O)sc2cc1CCCC1CC(OC)CC2SC(C(=O)CCC(=O)O)=CC12. The second kappa shape index (κ2) is 13.2. The van der Waals surface area contributed by atoms with Gasteiger partial charge in [-0.2, -0.15) is 0 Å². The van der Waals surface area contributed by atoms with Crippen LogP contribution in [0.15, 0.2) is 29.2 Å². The molecule has 0 spiro atoms. The molecule has 2 heterocycles. The molecule has 1 saturated carbocycles. The van der Waals surface area contributed by atoms with E-state index in [0.29, 0.717) is 15.7 Å². The summed E-state index contributed by atoms with van der Waals surface area (Å²) in [6, 6.07) is 6.00. The lowest BCUT2D eigenvalue weighted by Gasteiger charge is -2.37. The molecule has 0 amide bonds. The van der Waals surface area contributed by atoms with E-state index in [4.69, 9.17) is 14.6 Å². The van der Waals surface area contributed by atoms with Crippen molar-refractivity contribution in [3.05, 3.63) is 39.6 Å². The van der Waals surface area contributed by atoms with Gasteiger partial charge in [0.05, 0.1) is 24.5 Å². The monoisotopic (exact) mass is 572 g/mol. The Morgan fingerprint density at radius 3 is 2.46 bits per heavy atom. The number of aryl methyl sites for hydroxylation is 1. The number of allylic oxidation sites excluding steroid dienone is 2. The van der Waals surface area contributed by atoms with Crippen LogP contribution >= 0.6 is 23.1 Å². The Labute approximate surface area is 237 Å². The first-order valence-corrected chi connectivity index (χ1v) is 15.2. The van der Waals surface area contributed by atoms with E-state index < -0.39 is 5.97 Å². The van der Waals surface area contributed by atoms with Gasteiger partial charge in [-0.15, -0.1) is 23.1 Å². The third-order valence-corrected chi connectivity index (χ3v) is 10.3. The number of carboxylic acid groups (broad SMARTS) is 1. The van der Waals surface area contributed by atoms with Crippen LogP contribution in [-0.2, 0) is 25.5 Å². The molecule has 210 valence electrons. The van der Waals surface area contributed by atoms with Crippen molar-refractivity contribution in [1.82, 2.24) is 0 Å². The summed E-state index contributed by atoms with van der Waals surface area (Å²) in [4.78, 5) is 48.7. The van der Waals surface area contributed by atoms with Gasteiger partial charge in [0.25, 0.3) is 0 Å². The Bertz CT molecular complexity index is 1280. The van der Waals surface area contributed by atoms with Crippen molar-refractivity contribution in [3.8, 4) is 5.75 Å². The maximum atomic E-state index is 12.6. The zero-order valence-corrected chi connectivity index (χ0v) is 24.3. The molecule has 0 radical (unpaired) electrons. The minimum Gasteiger partial charge on any atom is -0.496 e. The minimum atomic E-state index is -0.950. The Morgan fingerprint density at radius 1 is 1.00 bits per heavy atom. The molecule has 1 aliphatic heterocycles. The number of hydrogen-bond donors (Lipinski definition) is 1. The average molecular weight is 573 g/mol. The molecule has 2 aliphatic rings. The number of ketones is 3. The molecule has 4 rings (SSSR count). The van der Waals surface area contributed by atoms with Crippen molar-refractivity contribution in [2.45, 2.75) is 76.1 Å². The zero-order valence-electron chi connectivity index (χ0n) is 22.7. The molecule has 1 fully saturated rings. The number of hydrogen-bond acceptors (Lipinski definition) is 8. The predicted molar refractivity (Wildman–Crippen MR) is 154 cm³/mol. The second-order valence-corrected chi connectivity index (χ2v) is 12.9. The van der Waals surface area contributed by atoms with Crippen molar-refractivity contribution in [3.63, 3.8) is 0 Å². The highest BCUT2D eigenvalue weighted by molar-refractivity contribution is 8.04. The number of Topliss-reactive ketones (excluding diaryl/α,β-unsaturated/α-hetero) is 3. The highest BCUT2D eigenvalue weighted by atomic mass is 32.2.